The Morgan fingerprint density at radius 3 is 2.18 bits per heavy atom. The third-order valence-electron chi connectivity index (χ3n) is 6.01. The zero-order valence-corrected chi connectivity index (χ0v) is 20.7. The number of piperazine rings is 1. The van der Waals surface area contributed by atoms with Gasteiger partial charge in [0.15, 0.2) is 0 Å². The summed E-state index contributed by atoms with van der Waals surface area (Å²) in [5.41, 5.74) is 1.66. The van der Waals surface area contributed by atoms with E-state index in [9.17, 15) is 18.0 Å². The molecule has 0 bridgehead atoms. The Morgan fingerprint density at radius 1 is 0.941 bits per heavy atom. The highest BCUT2D eigenvalue weighted by Gasteiger charge is 2.29. The van der Waals surface area contributed by atoms with E-state index in [2.05, 4.69) is 12.1 Å². The van der Waals surface area contributed by atoms with Gasteiger partial charge < -0.3 is 14.5 Å². The third kappa shape index (κ3) is 6.65. The molecule has 0 atom stereocenters. The van der Waals surface area contributed by atoms with Crippen molar-refractivity contribution in [2.75, 3.05) is 53.0 Å². The van der Waals surface area contributed by atoms with Crippen LogP contribution in [0.25, 0.3) is 0 Å². The topological polar surface area (TPSA) is 87.2 Å². The molecular formula is C25H33N3O5S. The lowest BCUT2D eigenvalue weighted by Crippen LogP contribution is -2.49. The fourth-order valence-corrected chi connectivity index (χ4v) is 5.40. The summed E-state index contributed by atoms with van der Waals surface area (Å²) in [6, 6.07) is 16.2. The Bertz CT molecular complexity index is 1050. The Morgan fingerprint density at radius 2 is 1.59 bits per heavy atom. The highest BCUT2D eigenvalue weighted by molar-refractivity contribution is 7.89. The number of aryl methyl sites for hydroxylation is 1. The number of hydrogen-bond acceptors (Lipinski definition) is 5. The van der Waals surface area contributed by atoms with Gasteiger partial charge in [-0.1, -0.05) is 30.3 Å². The Kier molecular flexibility index (Phi) is 9.20. The lowest BCUT2D eigenvalue weighted by Gasteiger charge is -2.33. The summed E-state index contributed by atoms with van der Waals surface area (Å²) < 4.78 is 32.6. The molecule has 1 heterocycles. The summed E-state index contributed by atoms with van der Waals surface area (Å²) in [7, 11) is -2.08. The number of carbonyl (C=O) groups is 2. The van der Waals surface area contributed by atoms with Crippen LogP contribution in [0.15, 0.2) is 59.5 Å². The molecule has 1 aliphatic rings. The second-order valence-corrected chi connectivity index (χ2v) is 10.2. The molecule has 9 heteroatoms. The first-order valence-electron chi connectivity index (χ1n) is 11.5. The Balaban J connectivity index is 1.64. The highest BCUT2D eigenvalue weighted by atomic mass is 32.2. The van der Waals surface area contributed by atoms with E-state index in [1.807, 2.05) is 18.2 Å². The first-order chi connectivity index (χ1) is 16.3. The maximum Gasteiger partial charge on any atom is 0.253 e. The van der Waals surface area contributed by atoms with Crippen molar-refractivity contribution in [1.82, 2.24) is 14.1 Å². The van der Waals surface area contributed by atoms with Gasteiger partial charge in [0.2, 0.25) is 15.9 Å². The number of methoxy groups -OCH3 is 1. The van der Waals surface area contributed by atoms with Crippen LogP contribution in [0.2, 0.25) is 0 Å². The molecule has 184 valence electrons. The van der Waals surface area contributed by atoms with Gasteiger partial charge in [0.1, 0.15) is 0 Å². The molecular weight excluding hydrogens is 454 g/mol. The average Bonchev–Trinajstić information content (AvgIpc) is 2.86. The van der Waals surface area contributed by atoms with Crippen molar-refractivity contribution in [2.45, 2.75) is 24.7 Å². The zero-order valence-electron chi connectivity index (χ0n) is 19.9. The Labute approximate surface area is 202 Å². The molecule has 34 heavy (non-hydrogen) atoms. The van der Waals surface area contributed by atoms with Crippen LogP contribution in [0, 0.1) is 0 Å². The number of ether oxygens (including phenoxy) is 1. The first-order valence-corrected chi connectivity index (χ1v) is 12.9. The lowest BCUT2D eigenvalue weighted by molar-refractivity contribution is -0.129. The molecule has 0 unspecified atom stereocenters. The number of rotatable bonds is 10. The van der Waals surface area contributed by atoms with Gasteiger partial charge in [-0.3, -0.25) is 9.59 Å². The fourth-order valence-electron chi connectivity index (χ4n) is 3.98. The van der Waals surface area contributed by atoms with E-state index in [1.165, 1.54) is 28.9 Å². The number of sulfonamides is 1. The summed E-state index contributed by atoms with van der Waals surface area (Å²) in [6.07, 6.45) is 1.68. The van der Waals surface area contributed by atoms with Crippen LogP contribution >= 0.6 is 0 Å². The van der Waals surface area contributed by atoms with E-state index in [0.717, 1.165) is 12.8 Å². The number of amides is 2. The van der Waals surface area contributed by atoms with Crippen molar-refractivity contribution in [3.05, 3.63) is 65.7 Å². The molecule has 0 radical (unpaired) electrons. The van der Waals surface area contributed by atoms with Crippen LogP contribution in [0.3, 0.4) is 0 Å². The van der Waals surface area contributed by atoms with Crippen molar-refractivity contribution in [3.8, 4) is 0 Å². The second-order valence-electron chi connectivity index (χ2n) is 8.31. The van der Waals surface area contributed by atoms with E-state index in [-0.39, 0.29) is 29.8 Å². The summed E-state index contributed by atoms with van der Waals surface area (Å²) in [5, 5.41) is 0. The molecule has 2 aromatic carbocycles. The minimum atomic E-state index is -3.68. The molecule has 0 aromatic heterocycles. The van der Waals surface area contributed by atoms with Gasteiger partial charge in [-0.2, -0.15) is 4.31 Å². The SMILES string of the molecule is COCCN(CCCc1ccccc1)C(=O)c1ccc(S(=O)(=O)N2CCN(C(C)=O)CC2)cc1. The van der Waals surface area contributed by atoms with Gasteiger partial charge in [0, 0.05) is 58.9 Å². The largest absolute Gasteiger partial charge is 0.383 e. The molecule has 3 rings (SSSR count). The third-order valence-corrected chi connectivity index (χ3v) is 7.92. The van der Waals surface area contributed by atoms with Gasteiger partial charge in [-0.25, -0.2) is 8.42 Å². The van der Waals surface area contributed by atoms with Crippen molar-refractivity contribution in [3.63, 3.8) is 0 Å². The van der Waals surface area contributed by atoms with Gasteiger partial charge in [0.25, 0.3) is 5.91 Å². The first kappa shape index (κ1) is 25.9. The van der Waals surface area contributed by atoms with Gasteiger partial charge >= 0.3 is 0 Å². The van der Waals surface area contributed by atoms with Crippen molar-refractivity contribution in [2.24, 2.45) is 0 Å². The number of hydrogen-bond donors (Lipinski definition) is 0. The quantitative estimate of drug-likeness (QED) is 0.513. The summed E-state index contributed by atoms with van der Waals surface area (Å²) in [5.74, 6) is -0.203. The van der Waals surface area contributed by atoms with Crippen LogP contribution in [-0.2, 0) is 26.0 Å². The van der Waals surface area contributed by atoms with E-state index in [0.29, 0.717) is 38.3 Å². The van der Waals surface area contributed by atoms with Crippen LogP contribution < -0.4 is 0 Å². The second kappa shape index (κ2) is 12.1. The van der Waals surface area contributed by atoms with Crippen LogP contribution in [0.1, 0.15) is 29.3 Å². The zero-order chi connectivity index (χ0) is 24.6. The van der Waals surface area contributed by atoms with Crippen molar-refractivity contribution >= 4 is 21.8 Å². The molecule has 1 fully saturated rings. The average molecular weight is 488 g/mol. The molecule has 2 aromatic rings. The van der Waals surface area contributed by atoms with E-state index < -0.39 is 10.0 Å². The van der Waals surface area contributed by atoms with Crippen LogP contribution in [0.5, 0.6) is 0 Å². The summed E-state index contributed by atoms with van der Waals surface area (Å²) in [6.45, 7) is 4.23. The molecule has 0 spiro atoms. The van der Waals surface area contributed by atoms with E-state index in [1.54, 1.807) is 29.0 Å². The standard InChI is InChI=1S/C25H33N3O5S/c1-21(29)26-15-17-28(18-16-26)34(31,32)24-12-10-23(11-13-24)25(30)27(19-20-33-2)14-6-9-22-7-4-3-5-8-22/h3-5,7-8,10-13H,6,9,14-20H2,1-2H3. The molecule has 2 amide bonds. The van der Waals surface area contributed by atoms with E-state index >= 15 is 0 Å². The van der Waals surface area contributed by atoms with Crippen molar-refractivity contribution < 1.29 is 22.7 Å². The maximum absolute atomic E-state index is 13.1. The maximum atomic E-state index is 13.1. The minimum absolute atomic E-state index is 0.0540. The van der Waals surface area contributed by atoms with Crippen LogP contribution in [0.4, 0.5) is 0 Å². The van der Waals surface area contributed by atoms with Gasteiger partial charge in [0.05, 0.1) is 11.5 Å². The van der Waals surface area contributed by atoms with Gasteiger partial charge in [-0.05, 0) is 42.7 Å². The number of benzene rings is 2. The van der Waals surface area contributed by atoms with Crippen LogP contribution in [-0.4, -0.2) is 87.3 Å². The molecule has 0 N–H and O–H groups in total. The normalized spacial score (nSPS) is 14.7. The number of carbonyl (C=O) groups excluding carboxylic acids is 2. The number of nitrogens with zero attached hydrogens (tertiary/aromatic N) is 3. The van der Waals surface area contributed by atoms with Crippen molar-refractivity contribution in [1.29, 1.82) is 0 Å². The van der Waals surface area contributed by atoms with Gasteiger partial charge in [-0.15, -0.1) is 0 Å². The fraction of sp³-hybridized carbons (Fsp3) is 0.440. The molecule has 1 saturated heterocycles. The smallest absolute Gasteiger partial charge is 0.253 e. The Hall–Kier alpha value is -2.75. The lowest BCUT2D eigenvalue weighted by atomic mass is 10.1. The predicted molar refractivity (Wildman–Crippen MR) is 130 cm³/mol. The summed E-state index contributed by atoms with van der Waals surface area (Å²) in [4.78, 5) is 28.2. The predicted octanol–water partition coefficient (Wildman–Crippen LogP) is 2.26. The summed E-state index contributed by atoms with van der Waals surface area (Å²) >= 11 is 0. The van der Waals surface area contributed by atoms with E-state index in [4.69, 9.17) is 4.74 Å². The molecule has 0 saturated carbocycles. The minimum Gasteiger partial charge on any atom is -0.383 e. The highest BCUT2D eigenvalue weighted by Crippen LogP contribution is 2.19. The monoisotopic (exact) mass is 487 g/mol. The molecule has 1 aliphatic heterocycles. The molecule has 0 aliphatic carbocycles. The molecule has 8 nitrogen and oxygen atoms in total.